The molecule has 23 heavy (non-hydrogen) atoms. The molecule has 1 atom stereocenters. The molecule has 0 fully saturated rings. The van der Waals surface area contributed by atoms with Crippen LogP contribution in [0.5, 0.6) is 5.75 Å². The number of rotatable bonds is 6. The first-order valence-electron chi connectivity index (χ1n) is 7.68. The first-order chi connectivity index (χ1) is 11.2. The molecule has 0 saturated carbocycles. The third kappa shape index (κ3) is 3.92. The summed E-state index contributed by atoms with van der Waals surface area (Å²) in [4.78, 5) is 12.0. The van der Waals surface area contributed by atoms with Gasteiger partial charge in [0.2, 0.25) is 5.91 Å². The molecule has 3 aromatic rings. The standard InChI is InChI=1S/C19H19NO3/c1-14(18-13-15-7-5-6-10-17(15)23-18)20-19(21)11-12-22-16-8-3-2-4-9-16/h2-10,13-14H,11-12H2,1H3,(H,20,21). The van der Waals surface area contributed by atoms with E-state index in [1.807, 2.05) is 67.6 Å². The summed E-state index contributed by atoms with van der Waals surface area (Å²) in [5.74, 6) is 1.46. The second kappa shape index (κ2) is 7.01. The van der Waals surface area contributed by atoms with E-state index in [9.17, 15) is 4.79 Å². The zero-order valence-corrected chi connectivity index (χ0v) is 13.0. The molecular weight excluding hydrogens is 290 g/mol. The van der Waals surface area contributed by atoms with Gasteiger partial charge in [0.1, 0.15) is 17.1 Å². The van der Waals surface area contributed by atoms with Gasteiger partial charge in [0, 0.05) is 5.39 Å². The Hall–Kier alpha value is -2.75. The Morgan fingerprint density at radius 2 is 1.87 bits per heavy atom. The van der Waals surface area contributed by atoms with Gasteiger partial charge < -0.3 is 14.5 Å². The molecule has 1 amide bonds. The zero-order chi connectivity index (χ0) is 16.1. The Labute approximate surface area is 135 Å². The molecular formula is C19H19NO3. The first kappa shape index (κ1) is 15.2. The number of hydrogen-bond acceptors (Lipinski definition) is 3. The SMILES string of the molecule is CC(NC(=O)CCOc1ccccc1)c1cc2ccccc2o1. The number of fused-ring (bicyclic) bond motifs is 1. The summed E-state index contributed by atoms with van der Waals surface area (Å²) in [6.45, 7) is 2.26. The van der Waals surface area contributed by atoms with Gasteiger partial charge in [0.05, 0.1) is 19.1 Å². The molecule has 4 heteroatoms. The van der Waals surface area contributed by atoms with Crippen LogP contribution in [0.15, 0.2) is 65.1 Å². The number of nitrogens with one attached hydrogen (secondary N) is 1. The highest BCUT2D eigenvalue weighted by Crippen LogP contribution is 2.23. The van der Waals surface area contributed by atoms with Crippen LogP contribution in [-0.2, 0) is 4.79 Å². The van der Waals surface area contributed by atoms with Gasteiger partial charge in [-0.3, -0.25) is 4.79 Å². The highest BCUT2D eigenvalue weighted by Gasteiger charge is 2.14. The third-order valence-corrected chi connectivity index (χ3v) is 3.59. The maximum atomic E-state index is 12.0. The van der Waals surface area contributed by atoms with Crippen molar-refractivity contribution < 1.29 is 13.9 Å². The van der Waals surface area contributed by atoms with Crippen molar-refractivity contribution >= 4 is 16.9 Å². The molecule has 4 nitrogen and oxygen atoms in total. The minimum absolute atomic E-state index is 0.0612. The van der Waals surface area contributed by atoms with Crippen molar-refractivity contribution in [3.8, 4) is 5.75 Å². The van der Waals surface area contributed by atoms with E-state index >= 15 is 0 Å². The third-order valence-electron chi connectivity index (χ3n) is 3.59. The number of amides is 1. The highest BCUT2D eigenvalue weighted by atomic mass is 16.5. The number of furan rings is 1. The fourth-order valence-electron chi connectivity index (χ4n) is 2.38. The first-order valence-corrected chi connectivity index (χ1v) is 7.68. The van der Waals surface area contributed by atoms with Crippen molar-refractivity contribution in [2.75, 3.05) is 6.61 Å². The van der Waals surface area contributed by atoms with E-state index < -0.39 is 0 Å². The van der Waals surface area contributed by atoms with Crippen LogP contribution >= 0.6 is 0 Å². The predicted molar refractivity (Wildman–Crippen MR) is 89.3 cm³/mol. The van der Waals surface area contributed by atoms with Crippen LogP contribution in [0.25, 0.3) is 11.0 Å². The topological polar surface area (TPSA) is 51.5 Å². The molecule has 1 unspecified atom stereocenters. The van der Waals surface area contributed by atoms with E-state index in [4.69, 9.17) is 9.15 Å². The lowest BCUT2D eigenvalue weighted by Gasteiger charge is -2.11. The quantitative estimate of drug-likeness (QED) is 0.746. The van der Waals surface area contributed by atoms with Crippen molar-refractivity contribution in [2.45, 2.75) is 19.4 Å². The number of carbonyl (C=O) groups excluding carboxylic acids is 1. The molecule has 2 aromatic carbocycles. The van der Waals surface area contributed by atoms with E-state index in [-0.39, 0.29) is 11.9 Å². The van der Waals surface area contributed by atoms with Crippen LogP contribution in [0.3, 0.4) is 0 Å². The number of benzene rings is 2. The molecule has 0 aliphatic heterocycles. The summed E-state index contributed by atoms with van der Waals surface area (Å²) in [6.07, 6.45) is 0.305. The number of carbonyl (C=O) groups is 1. The van der Waals surface area contributed by atoms with E-state index in [2.05, 4.69) is 5.32 Å². The molecule has 3 rings (SSSR count). The average Bonchev–Trinajstić information content (AvgIpc) is 3.00. The second-order valence-electron chi connectivity index (χ2n) is 5.39. The van der Waals surface area contributed by atoms with E-state index in [1.165, 1.54) is 0 Å². The summed E-state index contributed by atoms with van der Waals surface area (Å²) in [5.41, 5.74) is 0.830. The Morgan fingerprint density at radius 3 is 2.65 bits per heavy atom. The average molecular weight is 309 g/mol. The molecule has 1 heterocycles. The highest BCUT2D eigenvalue weighted by molar-refractivity contribution is 5.79. The van der Waals surface area contributed by atoms with Crippen molar-refractivity contribution in [1.29, 1.82) is 0 Å². The molecule has 118 valence electrons. The molecule has 0 saturated heterocycles. The summed E-state index contributed by atoms with van der Waals surface area (Å²) in [5, 5.41) is 3.97. The Balaban J connectivity index is 1.51. The lowest BCUT2D eigenvalue weighted by molar-refractivity contribution is -0.122. The van der Waals surface area contributed by atoms with E-state index in [0.29, 0.717) is 13.0 Å². The lowest BCUT2D eigenvalue weighted by Crippen LogP contribution is -2.27. The Morgan fingerprint density at radius 1 is 1.13 bits per heavy atom. The van der Waals surface area contributed by atoms with Gasteiger partial charge in [-0.1, -0.05) is 36.4 Å². The van der Waals surface area contributed by atoms with Crippen molar-refractivity contribution in [1.82, 2.24) is 5.32 Å². The predicted octanol–water partition coefficient (Wildman–Crippen LogP) is 4.08. The van der Waals surface area contributed by atoms with Crippen LogP contribution in [0.2, 0.25) is 0 Å². The van der Waals surface area contributed by atoms with Crippen LogP contribution < -0.4 is 10.1 Å². The van der Waals surface area contributed by atoms with Gasteiger partial charge in [-0.05, 0) is 31.2 Å². The van der Waals surface area contributed by atoms with Gasteiger partial charge in [-0.25, -0.2) is 0 Å². The summed E-state index contributed by atoms with van der Waals surface area (Å²) in [7, 11) is 0. The monoisotopic (exact) mass is 309 g/mol. The summed E-state index contributed by atoms with van der Waals surface area (Å²) < 4.78 is 11.3. The second-order valence-corrected chi connectivity index (χ2v) is 5.39. The van der Waals surface area contributed by atoms with Gasteiger partial charge in [-0.15, -0.1) is 0 Å². The minimum atomic E-state index is -0.174. The number of hydrogen-bond donors (Lipinski definition) is 1. The maximum absolute atomic E-state index is 12.0. The van der Waals surface area contributed by atoms with E-state index in [1.54, 1.807) is 0 Å². The van der Waals surface area contributed by atoms with Crippen LogP contribution in [-0.4, -0.2) is 12.5 Å². The van der Waals surface area contributed by atoms with Gasteiger partial charge >= 0.3 is 0 Å². The number of para-hydroxylation sites is 2. The van der Waals surface area contributed by atoms with Crippen molar-refractivity contribution in [3.63, 3.8) is 0 Å². The van der Waals surface area contributed by atoms with Crippen LogP contribution in [0, 0.1) is 0 Å². The van der Waals surface area contributed by atoms with Gasteiger partial charge in [0.25, 0.3) is 0 Å². The van der Waals surface area contributed by atoms with Gasteiger partial charge in [-0.2, -0.15) is 0 Å². The fourth-order valence-corrected chi connectivity index (χ4v) is 2.38. The van der Waals surface area contributed by atoms with Crippen LogP contribution in [0.4, 0.5) is 0 Å². The summed E-state index contributed by atoms with van der Waals surface area (Å²) >= 11 is 0. The van der Waals surface area contributed by atoms with Crippen molar-refractivity contribution in [3.05, 3.63) is 66.4 Å². The Bertz CT molecular complexity index is 746. The molecule has 0 spiro atoms. The van der Waals surface area contributed by atoms with Crippen LogP contribution in [0.1, 0.15) is 25.1 Å². The van der Waals surface area contributed by atoms with Gasteiger partial charge in [0.15, 0.2) is 0 Å². The largest absolute Gasteiger partial charge is 0.493 e. The maximum Gasteiger partial charge on any atom is 0.224 e. The molecule has 0 aliphatic rings. The lowest BCUT2D eigenvalue weighted by atomic mass is 10.2. The molecule has 1 N–H and O–H groups in total. The minimum Gasteiger partial charge on any atom is -0.493 e. The molecule has 0 radical (unpaired) electrons. The number of ether oxygens (including phenoxy) is 1. The summed E-state index contributed by atoms with van der Waals surface area (Å²) in [6, 6.07) is 19.1. The van der Waals surface area contributed by atoms with Crippen molar-refractivity contribution in [2.24, 2.45) is 0 Å². The smallest absolute Gasteiger partial charge is 0.224 e. The molecule has 1 aromatic heterocycles. The van der Waals surface area contributed by atoms with E-state index in [0.717, 1.165) is 22.5 Å². The fraction of sp³-hybridized carbons (Fsp3) is 0.211. The molecule has 0 aliphatic carbocycles. The normalized spacial score (nSPS) is 12.0. The molecule has 0 bridgehead atoms. The Kier molecular flexibility index (Phi) is 4.62. The zero-order valence-electron chi connectivity index (χ0n) is 13.0.